The van der Waals surface area contributed by atoms with Gasteiger partial charge in [0.25, 0.3) is 0 Å². The number of nitrogens with zero attached hydrogens (tertiary/aromatic N) is 1. The summed E-state index contributed by atoms with van der Waals surface area (Å²) in [5.74, 6) is 0.789. The average molecular weight is 344 g/mol. The van der Waals surface area contributed by atoms with Crippen LogP contribution in [-0.4, -0.2) is 18.0 Å². The van der Waals surface area contributed by atoms with Gasteiger partial charge in [-0.25, -0.2) is 0 Å². The van der Waals surface area contributed by atoms with E-state index in [0.29, 0.717) is 12.1 Å². The van der Waals surface area contributed by atoms with Crippen LogP contribution in [0.4, 0.5) is 0 Å². The van der Waals surface area contributed by atoms with Gasteiger partial charge in [0.2, 0.25) is 0 Å². The molecule has 0 aliphatic rings. The number of methoxy groups -OCH3 is 1. The van der Waals surface area contributed by atoms with Gasteiger partial charge in [0, 0.05) is 27.3 Å². The van der Waals surface area contributed by atoms with Crippen LogP contribution >= 0.6 is 15.9 Å². The second kappa shape index (κ2) is 5.74. The quantitative estimate of drug-likeness (QED) is 0.662. The maximum Gasteiger partial charge on any atom is 0.150 e. The van der Waals surface area contributed by atoms with Gasteiger partial charge in [-0.2, -0.15) is 0 Å². The number of aldehydes is 1. The highest BCUT2D eigenvalue weighted by Gasteiger charge is 2.08. The number of carbonyl (C=O) groups excluding carboxylic acids is 1. The van der Waals surface area contributed by atoms with Crippen molar-refractivity contribution < 1.29 is 9.53 Å². The Bertz CT molecular complexity index is 808. The Hall–Kier alpha value is -2.07. The molecule has 1 aromatic heterocycles. The van der Waals surface area contributed by atoms with Crippen molar-refractivity contribution in [2.75, 3.05) is 7.11 Å². The number of fused-ring (bicyclic) bond motifs is 1. The normalized spacial score (nSPS) is 10.8. The minimum absolute atomic E-state index is 0.656. The number of rotatable bonds is 4. The summed E-state index contributed by atoms with van der Waals surface area (Å²) in [4.78, 5) is 11.0. The molecule has 0 aliphatic heterocycles. The molecule has 1 heterocycles. The van der Waals surface area contributed by atoms with Crippen molar-refractivity contribution in [3.63, 3.8) is 0 Å². The van der Waals surface area contributed by atoms with E-state index >= 15 is 0 Å². The van der Waals surface area contributed by atoms with Gasteiger partial charge in [-0.1, -0.05) is 22.0 Å². The molecule has 4 heteroatoms. The van der Waals surface area contributed by atoms with Crippen molar-refractivity contribution in [2.45, 2.75) is 6.54 Å². The summed E-state index contributed by atoms with van der Waals surface area (Å²) in [6.07, 6.45) is 2.90. The lowest BCUT2D eigenvalue weighted by molar-refractivity contribution is 0.112. The summed E-state index contributed by atoms with van der Waals surface area (Å²) in [6.45, 7) is 0.658. The van der Waals surface area contributed by atoms with Crippen LogP contribution < -0.4 is 4.74 Å². The highest BCUT2D eigenvalue weighted by atomic mass is 79.9. The van der Waals surface area contributed by atoms with E-state index in [2.05, 4.69) is 38.7 Å². The van der Waals surface area contributed by atoms with Crippen LogP contribution in [0.1, 0.15) is 15.9 Å². The number of ether oxygens (including phenoxy) is 1. The molecule has 0 spiro atoms. The maximum atomic E-state index is 11.0. The van der Waals surface area contributed by atoms with Crippen LogP contribution in [0.25, 0.3) is 10.9 Å². The molecule has 0 aliphatic carbocycles. The standard InChI is InChI=1S/C17H14BrNO2/c1-21-17-5-2-12(11-20)8-14(17)10-19-7-6-13-3-4-15(18)9-16(13)19/h2-9,11H,10H2,1H3. The van der Waals surface area contributed by atoms with Gasteiger partial charge in [0.15, 0.2) is 0 Å². The molecule has 0 N–H and O–H groups in total. The summed E-state index contributed by atoms with van der Waals surface area (Å²) < 4.78 is 8.58. The molecule has 3 rings (SSSR count). The number of hydrogen-bond acceptors (Lipinski definition) is 2. The predicted octanol–water partition coefficient (Wildman–Crippen LogP) is 4.27. The Kier molecular flexibility index (Phi) is 3.80. The van der Waals surface area contributed by atoms with Crippen LogP contribution in [0.5, 0.6) is 5.75 Å². The van der Waals surface area contributed by atoms with E-state index in [-0.39, 0.29) is 0 Å². The van der Waals surface area contributed by atoms with Gasteiger partial charge in [0.05, 0.1) is 13.7 Å². The molecule has 0 fully saturated rings. The molecule has 106 valence electrons. The largest absolute Gasteiger partial charge is 0.496 e. The van der Waals surface area contributed by atoms with Gasteiger partial charge < -0.3 is 9.30 Å². The molecule has 3 nitrogen and oxygen atoms in total. The molecular weight excluding hydrogens is 330 g/mol. The third kappa shape index (κ3) is 2.72. The molecule has 0 unspecified atom stereocenters. The van der Waals surface area contributed by atoms with E-state index in [9.17, 15) is 4.79 Å². The fourth-order valence-corrected chi connectivity index (χ4v) is 2.82. The van der Waals surface area contributed by atoms with E-state index in [1.165, 1.54) is 5.39 Å². The van der Waals surface area contributed by atoms with Gasteiger partial charge in [-0.15, -0.1) is 0 Å². The van der Waals surface area contributed by atoms with Crippen molar-refractivity contribution in [1.29, 1.82) is 0 Å². The highest BCUT2D eigenvalue weighted by molar-refractivity contribution is 9.10. The van der Waals surface area contributed by atoms with E-state index in [1.807, 2.05) is 24.4 Å². The van der Waals surface area contributed by atoms with Crippen molar-refractivity contribution in [2.24, 2.45) is 0 Å². The first kappa shape index (κ1) is 13.9. The smallest absolute Gasteiger partial charge is 0.150 e. The topological polar surface area (TPSA) is 31.2 Å². The van der Waals surface area contributed by atoms with Crippen molar-refractivity contribution >= 4 is 33.1 Å². The monoisotopic (exact) mass is 343 g/mol. The van der Waals surface area contributed by atoms with Crippen molar-refractivity contribution in [3.8, 4) is 5.75 Å². The molecule has 0 saturated heterocycles. The Morgan fingerprint density at radius 3 is 2.81 bits per heavy atom. The molecule has 0 atom stereocenters. The Morgan fingerprint density at radius 2 is 2.05 bits per heavy atom. The Morgan fingerprint density at radius 1 is 1.19 bits per heavy atom. The lowest BCUT2D eigenvalue weighted by atomic mass is 10.1. The summed E-state index contributed by atoms with van der Waals surface area (Å²) >= 11 is 3.50. The molecule has 0 radical (unpaired) electrons. The third-order valence-corrected chi connectivity index (χ3v) is 4.01. The number of hydrogen-bond donors (Lipinski definition) is 0. The van der Waals surface area contributed by atoms with Gasteiger partial charge in [-0.05, 0) is 41.8 Å². The molecule has 21 heavy (non-hydrogen) atoms. The summed E-state index contributed by atoms with van der Waals surface area (Å²) in [6, 6.07) is 13.7. The molecule has 3 aromatic rings. The molecular formula is C17H14BrNO2. The fraction of sp³-hybridized carbons (Fsp3) is 0.118. The first-order chi connectivity index (χ1) is 10.2. The van der Waals surface area contributed by atoms with Crippen molar-refractivity contribution in [1.82, 2.24) is 4.57 Å². The van der Waals surface area contributed by atoms with Gasteiger partial charge in [-0.3, -0.25) is 4.79 Å². The van der Waals surface area contributed by atoms with Crippen LogP contribution in [0.2, 0.25) is 0 Å². The Labute approximate surface area is 131 Å². The van der Waals surface area contributed by atoms with Crippen LogP contribution in [0, 0.1) is 0 Å². The fourth-order valence-electron chi connectivity index (χ4n) is 2.47. The molecule has 0 amide bonds. The molecule has 2 aromatic carbocycles. The van der Waals surface area contributed by atoms with E-state index < -0.39 is 0 Å². The van der Waals surface area contributed by atoms with E-state index in [4.69, 9.17) is 4.74 Å². The van der Waals surface area contributed by atoms with Gasteiger partial charge >= 0.3 is 0 Å². The number of carbonyl (C=O) groups is 1. The van der Waals surface area contributed by atoms with Crippen molar-refractivity contribution in [3.05, 3.63) is 64.3 Å². The second-order valence-corrected chi connectivity index (χ2v) is 5.75. The first-order valence-corrected chi connectivity index (χ1v) is 7.37. The minimum Gasteiger partial charge on any atom is -0.496 e. The van der Waals surface area contributed by atoms with Crippen LogP contribution in [0.3, 0.4) is 0 Å². The first-order valence-electron chi connectivity index (χ1n) is 6.58. The maximum absolute atomic E-state index is 11.0. The third-order valence-electron chi connectivity index (χ3n) is 3.52. The highest BCUT2D eigenvalue weighted by Crippen LogP contribution is 2.25. The molecule has 0 bridgehead atoms. The minimum atomic E-state index is 0.656. The lowest BCUT2D eigenvalue weighted by Gasteiger charge is -2.11. The van der Waals surface area contributed by atoms with Gasteiger partial charge in [0.1, 0.15) is 12.0 Å². The lowest BCUT2D eigenvalue weighted by Crippen LogP contribution is -2.01. The number of benzene rings is 2. The summed E-state index contributed by atoms with van der Waals surface area (Å²) in [5.41, 5.74) is 2.78. The zero-order valence-corrected chi connectivity index (χ0v) is 13.1. The predicted molar refractivity (Wildman–Crippen MR) is 87.1 cm³/mol. The summed E-state index contributed by atoms with van der Waals surface area (Å²) in [7, 11) is 1.64. The molecule has 0 saturated carbocycles. The zero-order chi connectivity index (χ0) is 14.8. The number of halogens is 1. The number of aromatic nitrogens is 1. The summed E-state index contributed by atoms with van der Waals surface area (Å²) in [5, 5.41) is 1.18. The zero-order valence-electron chi connectivity index (χ0n) is 11.5. The SMILES string of the molecule is COc1ccc(C=O)cc1Cn1ccc2ccc(Br)cc21. The average Bonchev–Trinajstić information content (AvgIpc) is 2.89. The van der Waals surface area contributed by atoms with Crippen LogP contribution in [-0.2, 0) is 6.54 Å². The Balaban J connectivity index is 2.05. The van der Waals surface area contributed by atoms with E-state index in [0.717, 1.165) is 27.6 Å². The second-order valence-electron chi connectivity index (χ2n) is 4.84. The van der Waals surface area contributed by atoms with E-state index in [1.54, 1.807) is 13.2 Å². The van der Waals surface area contributed by atoms with Crippen LogP contribution in [0.15, 0.2) is 53.1 Å².